The van der Waals surface area contributed by atoms with Crippen LogP contribution in [-0.2, 0) is 0 Å². The van der Waals surface area contributed by atoms with Gasteiger partial charge in [-0.1, -0.05) is 13.3 Å². The van der Waals surface area contributed by atoms with Crippen molar-refractivity contribution in [1.29, 1.82) is 0 Å². The van der Waals surface area contributed by atoms with Gasteiger partial charge in [-0.3, -0.25) is 4.90 Å². The molecule has 0 spiro atoms. The molecule has 0 aromatic heterocycles. The predicted molar refractivity (Wildman–Crippen MR) is 56.8 cm³/mol. The first-order valence-corrected chi connectivity index (χ1v) is 6.01. The first kappa shape index (κ1) is 9.51. The van der Waals surface area contributed by atoms with Crippen LogP contribution in [0.2, 0.25) is 0 Å². The number of fused-ring (bicyclic) bond motifs is 1. The zero-order valence-electron chi connectivity index (χ0n) is 9.29. The molecule has 2 rings (SSSR count). The molecule has 0 aromatic rings. The number of hydrogen-bond acceptors (Lipinski definition) is 1. The van der Waals surface area contributed by atoms with Gasteiger partial charge in [0.25, 0.3) is 0 Å². The lowest BCUT2D eigenvalue weighted by Gasteiger charge is -2.32. The van der Waals surface area contributed by atoms with Crippen LogP contribution in [0.4, 0.5) is 0 Å². The van der Waals surface area contributed by atoms with Gasteiger partial charge < -0.3 is 0 Å². The van der Waals surface area contributed by atoms with Crippen molar-refractivity contribution >= 4 is 0 Å². The third-order valence-corrected chi connectivity index (χ3v) is 4.07. The second kappa shape index (κ2) is 3.61. The van der Waals surface area contributed by atoms with E-state index in [1.807, 2.05) is 0 Å². The Morgan fingerprint density at radius 3 is 2.69 bits per heavy atom. The largest absolute Gasteiger partial charge is 0.295 e. The molecule has 1 saturated carbocycles. The van der Waals surface area contributed by atoms with E-state index in [9.17, 15) is 0 Å². The van der Waals surface area contributed by atoms with Crippen molar-refractivity contribution in [1.82, 2.24) is 4.90 Å². The molecule has 1 nitrogen and oxygen atoms in total. The Morgan fingerprint density at radius 1 is 1.31 bits per heavy atom. The fraction of sp³-hybridized carbons (Fsp3) is 1.00. The Balaban J connectivity index is 2.10. The van der Waals surface area contributed by atoms with E-state index in [-0.39, 0.29) is 0 Å². The van der Waals surface area contributed by atoms with E-state index in [0.717, 1.165) is 24.0 Å². The Kier molecular flexibility index (Phi) is 2.64. The summed E-state index contributed by atoms with van der Waals surface area (Å²) in [5.74, 6) is 1.05. The number of likely N-dealkylation sites (tertiary alicyclic amines) is 1. The highest BCUT2D eigenvalue weighted by Crippen LogP contribution is 2.42. The molecule has 1 heteroatoms. The van der Waals surface area contributed by atoms with E-state index in [1.54, 1.807) is 0 Å². The van der Waals surface area contributed by atoms with E-state index < -0.39 is 0 Å². The molecule has 0 N–H and O–H groups in total. The van der Waals surface area contributed by atoms with Gasteiger partial charge in [0.1, 0.15) is 0 Å². The summed E-state index contributed by atoms with van der Waals surface area (Å²) in [5.41, 5.74) is 0. The van der Waals surface area contributed by atoms with Crippen LogP contribution in [0.15, 0.2) is 0 Å². The van der Waals surface area contributed by atoms with Gasteiger partial charge in [0.05, 0.1) is 0 Å². The van der Waals surface area contributed by atoms with E-state index in [0.29, 0.717) is 0 Å². The lowest BCUT2D eigenvalue weighted by Crippen LogP contribution is -2.41. The minimum absolute atomic E-state index is 0.762. The van der Waals surface area contributed by atoms with Gasteiger partial charge in [0.2, 0.25) is 0 Å². The summed E-state index contributed by atoms with van der Waals surface area (Å²) < 4.78 is 0. The average molecular weight is 181 g/mol. The molecule has 13 heavy (non-hydrogen) atoms. The third-order valence-electron chi connectivity index (χ3n) is 4.07. The summed E-state index contributed by atoms with van der Waals surface area (Å²) in [4.78, 5) is 2.80. The molecular formula is C12H23N. The second-order valence-corrected chi connectivity index (χ2v) is 5.10. The van der Waals surface area contributed by atoms with Crippen molar-refractivity contribution in [2.75, 3.05) is 0 Å². The van der Waals surface area contributed by atoms with Gasteiger partial charge in [-0.15, -0.1) is 0 Å². The van der Waals surface area contributed by atoms with E-state index >= 15 is 0 Å². The Labute approximate surface area is 82.5 Å². The van der Waals surface area contributed by atoms with Gasteiger partial charge in [-0.05, 0) is 45.4 Å². The van der Waals surface area contributed by atoms with Crippen LogP contribution in [0.5, 0.6) is 0 Å². The maximum absolute atomic E-state index is 2.80. The lowest BCUT2D eigenvalue weighted by atomic mass is 10.0. The molecular weight excluding hydrogens is 158 g/mol. The highest BCUT2D eigenvalue weighted by molar-refractivity contribution is 4.97. The molecule has 3 unspecified atom stereocenters. The molecule has 0 bridgehead atoms. The van der Waals surface area contributed by atoms with Crippen LogP contribution >= 0.6 is 0 Å². The Morgan fingerprint density at radius 2 is 2.08 bits per heavy atom. The predicted octanol–water partition coefficient (Wildman–Crippen LogP) is 3.05. The molecule has 76 valence electrons. The molecule has 1 heterocycles. The highest BCUT2D eigenvalue weighted by atomic mass is 15.2. The molecule has 2 aliphatic rings. The minimum atomic E-state index is 0.762. The third kappa shape index (κ3) is 1.52. The fourth-order valence-corrected chi connectivity index (χ4v) is 3.61. The molecule has 0 aromatic carbocycles. The second-order valence-electron chi connectivity index (χ2n) is 5.10. The van der Waals surface area contributed by atoms with Gasteiger partial charge in [-0.25, -0.2) is 0 Å². The SMILES string of the molecule is CCC1CC2CCCC2N1C(C)C. The minimum Gasteiger partial charge on any atom is -0.295 e. The van der Waals surface area contributed by atoms with Crippen LogP contribution in [0.1, 0.15) is 52.9 Å². The Bertz CT molecular complexity index is 176. The molecule has 0 radical (unpaired) electrons. The Hall–Kier alpha value is -0.0400. The first-order chi connectivity index (χ1) is 6.24. The lowest BCUT2D eigenvalue weighted by molar-refractivity contribution is 0.140. The summed E-state index contributed by atoms with van der Waals surface area (Å²) in [6.07, 6.45) is 7.29. The monoisotopic (exact) mass is 181 g/mol. The highest BCUT2D eigenvalue weighted by Gasteiger charge is 2.43. The van der Waals surface area contributed by atoms with Crippen LogP contribution in [0.25, 0.3) is 0 Å². The molecule has 3 atom stereocenters. The fourth-order valence-electron chi connectivity index (χ4n) is 3.61. The standard InChI is InChI=1S/C12H23N/c1-4-11-8-10-6-5-7-12(10)13(11)9(2)3/h9-12H,4-8H2,1-3H3. The average Bonchev–Trinajstić information content (AvgIpc) is 2.59. The van der Waals surface area contributed by atoms with E-state index in [1.165, 1.54) is 32.1 Å². The van der Waals surface area contributed by atoms with E-state index in [4.69, 9.17) is 0 Å². The zero-order chi connectivity index (χ0) is 9.42. The normalized spacial score (nSPS) is 40.2. The van der Waals surface area contributed by atoms with Crippen LogP contribution in [-0.4, -0.2) is 23.0 Å². The van der Waals surface area contributed by atoms with Crippen LogP contribution < -0.4 is 0 Å². The van der Waals surface area contributed by atoms with Crippen molar-refractivity contribution in [3.05, 3.63) is 0 Å². The summed E-state index contributed by atoms with van der Waals surface area (Å²) in [6, 6.07) is 2.61. The van der Waals surface area contributed by atoms with Gasteiger partial charge in [0.15, 0.2) is 0 Å². The summed E-state index contributed by atoms with van der Waals surface area (Å²) >= 11 is 0. The number of rotatable bonds is 2. The van der Waals surface area contributed by atoms with Crippen LogP contribution in [0.3, 0.4) is 0 Å². The zero-order valence-corrected chi connectivity index (χ0v) is 9.29. The van der Waals surface area contributed by atoms with Crippen molar-refractivity contribution in [2.24, 2.45) is 5.92 Å². The van der Waals surface area contributed by atoms with Gasteiger partial charge in [0, 0.05) is 18.1 Å². The van der Waals surface area contributed by atoms with Crippen molar-refractivity contribution in [2.45, 2.75) is 71.0 Å². The molecule has 2 fully saturated rings. The van der Waals surface area contributed by atoms with Crippen molar-refractivity contribution < 1.29 is 0 Å². The van der Waals surface area contributed by atoms with Crippen LogP contribution in [0, 0.1) is 5.92 Å². The topological polar surface area (TPSA) is 3.24 Å². The van der Waals surface area contributed by atoms with Crippen molar-refractivity contribution in [3.8, 4) is 0 Å². The molecule has 1 aliphatic heterocycles. The maximum Gasteiger partial charge on any atom is 0.0130 e. The van der Waals surface area contributed by atoms with Gasteiger partial charge in [-0.2, -0.15) is 0 Å². The molecule has 0 amide bonds. The van der Waals surface area contributed by atoms with Gasteiger partial charge >= 0.3 is 0 Å². The maximum atomic E-state index is 2.80. The summed E-state index contributed by atoms with van der Waals surface area (Å²) in [7, 11) is 0. The smallest absolute Gasteiger partial charge is 0.0130 e. The summed E-state index contributed by atoms with van der Waals surface area (Å²) in [6.45, 7) is 7.08. The first-order valence-electron chi connectivity index (χ1n) is 6.01. The summed E-state index contributed by atoms with van der Waals surface area (Å²) in [5, 5.41) is 0. The molecule has 1 aliphatic carbocycles. The number of nitrogens with zero attached hydrogens (tertiary/aromatic N) is 1. The quantitative estimate of drug-likeness (QED) is 0.633. The van der Waals surface area contributed by atoms with Crippen molar-refractivity contribution in [3.63, 3.8) is 0 Å². The molecule has 1 saturated heterocycles. The van der Waals surface area contributed by atoms with E-state index in [2.05, 4.69) is 25.7 Å². The number of hydrogen-bond donors (Lipinski definition) is 0.